The van der Waals surface area contributed by atoms with Crippen LogP contribution in [0.5, 0.6) is 5.75 Å². The second-order valence-electron chi connectivity index (χ2n) is 9.31. The van der Waals surface area contributed by atoms with E-state index in [1.807, 2.05) is 24.3 Å². The molecule has 0 radical (unpaired) electrons. The van der Waals surface area contributed by atoms with E-state index in [1.54, 1.807) is 36.5 Å². The monoisotopic (exact) mass is 566 g/mol. The number of anilines is 1. The van der Waals surface area contributed by atoms with E-state index in [2.05, 4.69) is 26.1 Å². The minimum atomic E-state index is -3.92. The third kappa shape index (κ3) is 5.85. The maximum atomic E-state index is 13.8. The summed E-state index contributed by atoms with van der Waals surface area (Å²) in [6, 6.07) is 18.8. The number of rotatable bonds is 8. The Morgan fingerprint density at radius 2 is 1.85 bits per heavy atom. The first-order chi connectivity index (χ1) is 18.7. The molecule has 2 heterocycles. The molecular weight excluding hydrogens is 539 g/mol. The van der Waals surface area contributed by atoms with Gasteiger partial charge in [0.2, 0.25) is 0 Å². The lowest BCUT2D eigenvalue weighted by atomic mass is 10.1. The number of halogens is 2. The molecule has 1 aliphatic rings. The quantitative estimate of drug-likeness (QED) is 0.298. The van der Waals surface area contributed by atoms with Gasteiger partial charge in [-0.25, -0.2) is 12.8 Å². The van der Waals surface area contributed by atoms with Gasteiger partial charge in [0.05, 0.1) is 23.3 Å². The Labute approximate surface area is 232 Å². The molecule has 5 rings (SSSR count). The molecule has 0 bridgehead atoms. The van der Waals surface area contributed by atoms with Crippen LogP contribution in [0.1, 0.15) is 11.1 Å². The summed E-state index contributed by atoms with van der Waals surface area (Å²) in [6.45, 7) is 8.00. The molecule has 1 fully saturated rings. The van der Waals surface area contributed by atoms with Crippen LogP contribution in [0.15, 0.2) is 84.4 Å². The lowest BCUT2D eigenvalue weighted by molar-refractivity contribution is 0.169. The third-order valence-electron chi connectivity index (χ3n) is 6.81. The highest BCUT2D eigenvalue weighted by Gasteiger charge is 2.22. The van der Waals surface area contributed by atoms with E-state index in [9.17, 15) is 12.8 Å². The van der Waals surface area contributed by atoms with Gasteiger partial charge in [-0.2, -0.15) is 0 Å². The molecule has 4 aromatic rings. The van der Waals surface area contributed by atoms with E-state index in [-0.39, 0.29) is 9.92 Å². The van der Waals surface area contributed by atoms with E-state index >= 15 is 0 Å². The lowest BCUT2D eigenvalue weighted by Gasteiger charge is -2.37. The van der Waals surface area contributed by atoms with Gasteiger partial charge in [-0.1, -0.05) is 48.5 Å². The van der Waals surface area contributed by atoms with E-state index in [0.717, 1.165) is 48.4 Å². The molecule has 1 aliphatic heterocycles. The predicted molar refractivity (Wildman–Crippen MR) is 153 cm³/mol. The van der Waals surface area contributed by atoms with Gasteiger partial charge in [0.1, 0.15) is 16.5 Å². The Balaban J connectivity index is 1.27. The van der Waals surface area contributed by atoms with E-state index < -0.39 is 15.8 Å². The molecule has 1 aromatic heterocycles. The second kappa shape index (κ2) is 11.2. The molecule has 0 spiro atoms. The first kappa shape index (κ1) is 26.9. The number of hydrogen-bond donors (Lipinski definition) is 1. The molecule has 0 unspecified atom stereocenters. The molecule has 0 saturated carbocycles. The summed E-state index contributed by atoms with van der Waals surface area (Å²) in [5, 5.41) is 0.860. The molecule has 7 nitrogen and oxygen atoms in total. The van der Waals surface area contributed by atoms with Gasteiger partial charge < -0.3 is 9.64 Å². The van der Waals surface area contributed by atoms with E-state index in [0.29, 0.717) is 23.5 Å². The maximum absolute atomic E-state index is 13.8. The van der Waals surface area contributed by atoms with E-state index in [4.69, 9.17) is 16.3 Å². The number of benzene rings is 3. The van der Waals surface area contributed by atoms with Crippen molar-refractivity contribution in [3.63, 3.8) is 0 Å². The van der Waals surface area contributed by atoms with Crippen LogP contribution in [-0.4, -0.2) is 56.5 Å². The van der Waals surface area contributed by atoms with Crippen molar-refractivity contribution in [3.8, 4) is 5.75 Å². The van der Waals surface area contributed by atoms with Crippen LogP contribution in [0.3, 0.4) is 0 Å². The zero-order chi connectivity index (χ0) is 27.6. The van der Waals surface area contributed by atoms with E-state index in [1.165, 1.54) is 19.2 Å². The minimum absolute atomic E-state index is 0.0929. The molecule has 0 amide bonds. The van der Waals surface area contributed by atoms with Crippen LogP contribution in [0.4, 0.5) is 10.1 Å². The zero-order valence-electron chi connectivity index (χ0n) is 21.4. The number of sulfonamides is 1. The van der Waals surface area contributed by atoms with Crippen LogP contribution in [-0.2, 0) is 16.6 Å². The summed E-state index contributed by atoms with van der Waals surface area (Å²) in [5.74, 6) is -0.0246. The van der Waals surface area contributed by atoms with Crippen molar-refractivity contribution in [2.45, 2.75) is 11.4 Å². The fraction of sp³-hybridized carbons (Fsp3) is 0.207. The SMILES string of the molecule is C=C(c1ccc(NS(=O)(=O)c2cccc3cccnc23)c(OC)c1)N1CCN(Cc2ccc(Cl)c(F)c2)CC1. The number of pyridine rings is 1. The fourth-order valence-electron chi connectivity index (χ4n) is 4.70. The van der Waals surface area contributed by atoms with Gasteiger partial charge in [0.15, 0.2) is 0 Å². The van der Waals surface area contributed by atoms with Gasteiger partial charge in [-0.3, -0.25) is 14.6 Å². The van der Waals surface area contributed by atoms with Crippen LogP contribution in [0.25, 0.3) is 16.6 Å². The summed E-state index contributed by atoms with van der Waals surface area (Å²) >= 11 is 5.80. The Kier molecular flexibility index (Phi) is 7.74. The number of aromatic nitrogens is 1. The first-order valence-electron chi connectivity index (χ1n) is 12.4. The van der Waals surface area contributed by atoms with Crippen molar-refractivity contribution in [2.24, 2.45) is 0 Å². The van der Waals surface area contributed by atoms with Crippen LogP contribution < -0.4 is 9.46 Å². The van der Waals surface area contributed by atoms with Gasteiger partial charge in [-0.15, -0.1) is 0 Å². The third-order valence-corrected chi connectivity index (χ3v) is 8.51. The summed E-state index contributed by atoms with van der Waals surface area (Å²) < 4.78 is 48.6. The Bertz CT molecular complexity index is 1630. The number of piperazine rings is 1. The summed E-state index contributed by atoms with van der Waals surface area (Å²) in [7, 11) is -2.43. The predicted octanol–water partition coefficient (Wildman–Crippen LogP) is 5.63. The molecule has 202 valence electrons. The van der Waals surface area contributed by atoms with Gasteiger partial charge in [0, 0.05) is 55.6 Å². The minimum Gasteiger partial charge on any atom is -0.495 e. The van der Waals surface area contributed by atoms with Crippen molar-refractivity contribution in [3.05, 3.63) is 101 Å². The fourth-order valence-corrected chi connectivity index (χ4v) is 6.07. The smallest absolute Gasteiger partial charge is 0.264 e. The lowest BCUT2D eigenvalue weighted by Crippen LogP contribution is -2.44. The number of hydrogen-bond acceptors (Lipinski definition) is 6. The first-order valence-corrected chi connectivity index (χ1v) is 14.3. The maximum Gasteiger partial charge on any atom is 0.264 e. The standard InChI is InChI=1S/C29H28ClFN4O3S/c1-20(35-15-13-34(14-16-35)19-21-8-10-24(30)25(31)17-21)23-9-11-26(27(18-23)38-2)33-39(36,37)28-7-3-5-22-6-4-12-32-29(22)28/h3-12,17-18,33H,1,13-16,19H2,2H3. The van der Waals surface area contributed by atoms with Gasteiger partial charge in [0.25, 0.3) is 10.0 Å². The van der Waals surface area contributed by atoms with Crippen LogP contribution in [0, 0.1) is 5.82 Å². The highest BCUT2D eigenvalue weighted by atomic mass is 35.5. The topological polar surface area (TPSA) is 74.8 Å². The highest BCUT2D eigenvalue weighted by molar-refractivity contribution is 7.93. The Hall–Kier alpha value is -3.66. The van der Waals surface area contributed by atoms with Gasteiger partial charge >= 0.3 is 0 Å². The average Bonchev–Trinajstić information content (AvgIpc) is 2.95. The molecule has 3 aromatic carbocycles. The number of ether oxygens (including phenoxy) is 1. The number of fused-ring (bicyclic) bond motifs is 1. The van der Waals surface area contributed by atoms with Crippen molar-refractivity contribution in [1.29, 1.82) is 0 Å². The van der Waals surface area contributed by atoms with Crippen molar-refractivity contribution in [1.82, 2.24) is 14.8 Å². The average molecular weight is 567 g/mol. The molecule has 1 saturated heterocycles. The normalized spacial score (nSPS) is 14.4. The number of nitrogens with one attached hydrogen (secondary N) is 1. The molecule has 10 heteroatoms. The van der Waals surface area contributed by atoms with Gasteiger partial charge in [-0.05, 0) is 42.0 Å². The summed E-state index contributed by atoms with van der Waals surface area (Å²) in [4.78, 5) is 8.79. The highest BCUT2D eigenvalue weighted by Crippen LogP contribution is 2.32. The van der Waals surface area contributed by atoms with Crippen molar-refractivity contribution in [2.75, 3.05) is 38.0 Å². The number of nitrogens with zero attached hydrogens (tertiary/aromatic N) is 3. The largest absolute Gasteiger partial charge is 0.495 e. The van der Waals surface area contributed by atoms with Crippen LogP contribution in [0.2, 0.25) is 5.02 Å². The van der Waals surface area contributed by atoms with Crippen molar-refractivity contribution < 1.29 is 17.5 Å². The van der Waals surface area contributed by atoms with Crippen molar-refractivity contribution >= 4 is 43.9 Å². The summed E-state index contributed by atoms with van der Waals surface area (Å²) in [5.41, 5.74) is 3.25. The number of methoxy groups -OCH3 is 1. The molecule has 1 N–H and O–H groups in total. The molecule has 0 atom stereocenters. The molecule has 39 heavy (non-hydrogen) atoms. The molecule has 0 aliphatic carbocycles. The Morgan fingerprint density at radius 3 is 2.59 bits per heavy atom. The second-order valence-corrected chi connectivity index (χ2v) is 11.4. The number of para-hydroxylation sites is 1. The Morgan fingerprint density at radius 1 is 1.08 bits per heavy atom. The molecular formula is C29H28ClFN4O3S. The van der Waals surface area contributed by atoms with Crippen LogP contribution >= 0.6 is 11.6 Å². The zero-order valence-corrected chi connectivity index (χ0v) is 23.0. The summed E-state index contributed by atoms with van der Waals surface area (Å²) in [6.07, 6.45) is 1.57.